The molecule has 1 heteroatoms. The lowest BCUT2D eigenvalue weighted by Crippen LogP contribution is -1.93. The van der Waals surface area contributed by atoms with Crippen molar-refractivity contribution >= 4 is 0 Å². The Labute approximate surface area is 63.1 Å². The Morgan fingerprint density at radius 2 is 1.20 bits per heavy atom. The Balaban J connectivity index is 0.000000162. The second kappa shape index (κ2) is 4.15. The highest BCUT2D eigenvalue weighted by atomic mass is 16.3. The lowest BCUT2D eigenvalue weighted by atomic mass is 10.0. The van der Waals surface area contributed by atoms with Gasteiger partial charge in [-0.05, 0) is 17.5 Å². The van der Waals surface area contributed by atoms with Gasteiger partial charge in [0.1, 0.15) is 0 Å². The first-order valence-corrected chi connectivity index (χ1v) is 3.47. The van der Waals surface area contributed by atoms with Crippen molar-refractivity contribution in [1.82, 2.24) is 0 Å². The summed E-state index contributed by atoms with van der Waals surface area (Å²) in [5.74, 6) is 0. The molecule has 0 saturated carbocycles. The fourth-order valence-corrected chi connectivity index (χ4v) is 0.227. The number of hydrogen-bond acceptors (Lipinski definition) is 1. The van der Waals surface area contributed by atoms with Gasteiger partial charge in [0.05, 0.1) is 12.5 Å². The van der Waals surface area contributed by atoms with Gasteiger partial charge < -0.3 is 4.42 Å². The van der Waals surface area contributed by atoms with E-state index >= 15 is 0 Å². The van der Waals surface area contributed by atoms with Crippen LogP contribution in [0.2, 0.25) is 0 Å². The third-order valence-electron chi connectivity index (χ3n) is 0.425. The van der Waals surface area contributed by atoms with E-state index in [0.717, 1.165) is 0 Å². The summed E-state index contributed by atoms with van der Waals surface area (Å²) >= 11 is 0. The highest BCUT2D eigenvalue weighted by Crippen LogP contribution is 2.07. The molecule has 1 rings (SSSR count). The Hall–Kier alpha value is -0.720. The summed E-state index contributed by atoms with van der Waals surface area (Å²) in [5, 5.41) is 0. The number of hydrogen-bond donors (Lipinski definition) is 0. The third-order valence-corrected chi connectivity index (χ3v) is 0.425. The minimum Gasteiger partial charge on any atom is -0.473 e. The molecule has 10 heavy (non-hydrogen) atoms. The molecule has 0 spiro atoms. The van der Waals surface area contributed by atoms with E-state index in [4.69, 9.17) is 0 Å². The average molecular weight is 140 g/mol. The fraction of sp³-hybridized carbons (Fsp3) is 0.556. The molecule has 0 N–H and O–H groups in total. The van der Waals surface area contributed by atoms with E-state index < -0.39 is 0 Å². The van der Waals surface area contributed by atoms with Crippen LogP contribution in [0.5, 0.6) is 0 Å². The van der Waals surface area contributed by atoms with Crippen LogP contribution in [0.25, 0.3) is 0 Å². The summed E-state index contributed by atoms with van der Waals surface area (Å²) in [5.41, 5.74) is 0.500. The Morgan fingerprint density at radius 3 is 1.30 bits per heavy atom. The predicted octanol–water partition coefficient (Wildman–Crippen LogP) is 3.33. The SMILES string of the molecule is CC(C)(C)C.c1ccoc1. The van der Waals surface area contributed by atoms with Crippen LogP contribution in [-0.4, -0.2) is 0 Å². The molecule has 0 aliphatic rings. The van der Waals surface area contributed by atoms with Gasteiger partial charge >= 0.3 is 0 Å². The molecule has 1 aromatic rings. The highest BCUT2D eigenvalue weighted by Gasteiger charge is 1.95. The molecule has 58 valence electrons. The maximum absolute atomic E-state index is 4.58. The molecule has 1 nitrogen and oxygen atoms in total. The topological polar surface area (TPSA) is 13.1 Å². The first-order chi connectivity index (χ1) is 4.50. The molecule has 0 amide bonds. The largest absolute Gasteiger partial charge is 0.473 e. The molecule has 0 radical (unpaired) electrons. The number of rotatable bonds is 0. The molecule has 1 heterocycles. The van der Waals surface area contributed by atoms with Gasteiger partial charge in [0, 0.05) is 0 Å². The maximum Gasteiger partial charge on any atom is 0.0902 e. The maximum atomic E-state index is 4.58. The van der Waals surface area contributed by atoms with E-state index in [-0.39, 0.29) is 0 Å². The van der Waals surface area contributed by atoms with Crippen molar-refractivity contribution in [1.29, 1.82) is 0 Å². The standard InChI is InChI=1S/C5H12.C4H4O/c1-5(2,3)4;1-2-4-5-3-1/h1-4H3;1-4H. The highest BCUT2D eigenvalue weighted by molar-refractivity contribution is 4.79. The summed E-state index contributed by atoms with van der Waals surface area (Å²) in [6, 6.07) is 3.67. The van der Waals surface area contributed by atoms with Crippen LogP contribution in [0.15, 0.2) is 29.1 Å². The molecule has 0 aromatic carbocycles. The van der Waals surface area contributed by atoms with Crippen LogP contribution in [0, 0.1) is 5.41 Å². The Bertz CT molecular complexity index is 111. The molecule has 1 aromatic heterocycles. The van der Waals surface area contributed by atoms with E-state index in [9.17, 15) is 0 Å². The normalized spacial score (nSPS) is 10.0. The van der Waals surface area contributed by atoms with Gasteiger partial charge in [0.15, 0.2) is 0 Å². The van der Waals surface area contributed by atoms with E-state index in [2.05, 4.69) is 32.1 Å². The molecular weight excluding hydrogens is 124 g/mol. The molecular formula is C9H16O. The molecule has 0 unspecified atom stereocenters. The van der Waals surface area contributed by atoms with Crippen molar-refractivity contribution in [2.24, 2.45) is 5.41 Å². The second-order valence-electron chi connectivity index (χ2n) is 3.79. The van der Waals surface area contributed by atoms with Gasteiger partial charge in [-0.25, -0.2) is 0 Å². The Morgan fingerprint density at radius 1 is 0.900 bits per heavy atom. The quantitative estimate of drug-likeness (QED) is 0.538. The van der Waals surface area contributed by atoms with Crippen molar-refractivity contribution < 1.29 is 4.42 Å². The smallest absolute Gasteiger partial charge is 0.0902 e. The summed E-state index contributed by atoms with van der Waals surface area (Å²) in [6.07, 6.45) is 3.25. The zero-order valence-electron chi connectivity index (χ0n) is 7.22. The van der Waals surface area contributed by atoms with E-state index in [1.165, 1.54) is 0 Å². The summed E-state index contributed by atoms with van der Waals surface area (Å²) in [7, 11) is 0. The van der Waals surface area contributed by atoms with Gasteiger partial charge in [-0.15, -0.1) is 0 Å². The third kappa shape index (κ3) is 15.7. The molecule has 0 aliphatic heterocycles. The van der Waals surface area contributed by atoms with Gasteiger partial charge in [-0.2, -0.15) is 0 Å². The van der Waals surface area contributed by atoms with Crippen molar-refractivity contribution in [3.8, 4) is 0 Å². The van der Waals surface area contributed by atoms with Gasteiger partial charge in [-0.1, -0.05) is 27.7 Å². The molecule has 0 aliphatic carbocycles. The lowest BCUT2D eigenvalue weighted by molar-refractivity contribution is 0.469. The number of furan rings is 1. The Kier molecular flexibility index (Phi) is 3.85. The van der Waals surface area contributed by atoms with Crippen molar-refractivity contribution in [3.63, 3.8) is 0 Å². The van der Waals surface area contributed by atoms with Gasteiger partial charge in [-0.3, -0.25) is 0 Å². The van der Waals surface area contributed by atoms with Crippen LogP contribution >= 0.6 is 0 Å². The molecule has 0 saturated heterocycles. The van der Waals surface area contributed by atoms with Crippen LogP contribution < -0.4 is 0 Å². The average Bonchev–Trinajstić information content (AvgIpc) is 2.07. The fourth-order valence-electron chi connectivity index (χ4n) is 0.227. The minimum atomic E-state index is 0.500. The lowest BCUT2D eigenvalue weighted by Gasteiger charge is -2.05. The molecule has 0 atom stereocenters. The summed E-state index contributed by atoms with van der Waals surface area (Å²) in [4.78, 5) is 0. The van der Waals surface area contributed by atoms with Crippen LogP contribution in [-0.2, 0) is 0 Å². The van der Waals surface area contributed by atoms with E-state index in [1.54, 1.807) is 12.5 Å². The molecule has 0 bridgehead atoms. The van der Waals surface area contributed by atoms with Crippen LogP contribution in [0.4, 0.5) is 0 Å². The summed E-state index contributed by atoms with van der Waals surface area (Å²) in [6.45, 7) is 8.75. The van der Waals surface area contributed by atoms with E-state index in [0.29, 0.717) is 5.41 Å². The summed E-state index contributed by atoms with van der Waals surface area (Å²) < 4.78 is 4.58. The van der Waals surface area contributed by atoms with Crippen molar-refractivity contribution in [3.05, 3.63) is 24.7 Å². The zero-order chi connectivity index (χ0) is 8.04. The van der Waals surface area contributed by atoms with Crippen molar-refractivity contribution in [2.45, 2.75) is 27.7 Å². The van der Waals surface area contributed by atoms with E-state index in [1.807, 2.05) is 12.1 Å². The van der Waals surface area contributed by atoms with Gasteiger partial charge in [0.2, 0.25) is 0 Å². The minimum absolute atomic E-state index is 0.500. The predicted molar refractivity (Wildman–Crippen MR) is 43.8 cm³/mol. The van der Waals surface area contributed by atoms with Crippen LogP contribution in [0.3, 0.4) is 0 Å². The van der Waals surface area contributed by atoms with Crippen molar-refractivity contribution in [2.75, 3.05) is 0 Å². The first-order valence-electron chi connectivity index (χ1n) is 3.47. The monoisotopic (exact) mass is 140 g/mol. The molecule has 0 fully saturated rings. The van der Waals surface area contributed by atoms with Gasteiger partial charge in [0.25, 0.3) is 0 Å². The first kappa shape index (κ1) is 9.28. The zero-order valence-corrected chi connectivity index (χ0v) is 7.22. The second-order valence-corrected chi connectivity index (χ2v) is 3.79. The van der Waals surface area contributed by atoms with Crippen LogP contribution in [0.1, 0.15) is 27.7 Å².